The summed E-state index contributed by atoms with van der Waals surface area (Å²) in [6, 6.07) is 5.84. The van der Waals surface area contributed by atoms with E-state index < -0.39 is 6.10 Å². The fraction of sp³-hybridized carbons (Fsp3) is 0.429. The number of hydrogen-bond donors (Lipinski definition) is 1. The third-order valence-corrected chi connectivity index (χ3v) is 2.82. The zero-order chi connectivity index (χ0) is 12.3. The summed E-state index contributed by atoms with van der Waals surface area (Å²) in [5.41, 5.74) is 1.95. The molecule has 0 fully saturated rings. The van der Waals surface area contributed by atoms with E-state index in [0.29, 0.717) is 13.2 Å². The van der Waals surface area contributed by atoms with Crippen molar-refractivity contribution in [1.29, 1.82) is 0 Å². The van der Waals surface area contributed by atoms with Crippen molar-refractivity contribution in [3.8, 4) is 11.5 Å². The first-order valence-corrected chi connectivity index (χ1v) is 5.93. The molecule has 0 aliphatic carbocycles. The van der Waals surface area contributed by atoms with Crippen LogP contribution in [0.1, 0.15) is 25.8 Å². The minimum atomic E-state index is -0.425. The fourth-order valence-corrected chi connectivity index (χ4v) is 1.65. The predicted octanol–water partition coefficient (Wildman–Crippen LogP) is 2.63. The first kappa shape index (κ1) is 12.0. The Bertz CT molecular complexity index is 421. The van der Waals surface area contributed by atoms with Gasteiger partial charge >= 0.3 is 0 Å². The van der Waals surface area contributed by atoms with Gasteiger partial charge in [-0.15, -0.1) is 0 Å². The Hall–Kier alpha value is -1.48. The molecule has 1 heterocycles. The van der Waals surface area contributed by atoms with Crippen LogP contribution in [0.3, 0.4) is 0 Å². The van der Waals surface area contributed by atoms with Crippen LogP contribution in [0, 0.1) is 0 Å². The lowest BCUT2D eigenvalue weighted by Gasteiger charge is -2.09. The fourth-order valence-electron chi connectivity index (χ4n) is 1.65. The van der Waals surface area contributed by atoms with E-state index in [1.165, 1.54) is 0 Å². The van der Waals surface area contributed by atoms with Gasteiger partial charge in [0.05, 0.1) is 19.3 Å². The molecule has 0 saturated heterocycles. The highest BCUT2D eigenvalue weighted by Gasteiger charge is 2.10. The topological polar surface area (TPSA) is 38.7 Å². The number of aliphatic hydroxyl groups excluding tert-OH is 1. The monoisotopic (exact) mass is 234 g/mol. The molecule has 3 heteroatoms. The van der Waals surface area contributed by atoms with E-state index >= 15 is 0 Å². The molecule has 1 atom stereocenters. The highest BCUT2D eigenvalue weighted by atomic mass is 16.5. The zero-order valence-corrected chi connectivity index (χ0v) is 10.3. The van der Waals surface area contributed by atoms with E-state index in [9.17, 15) is 5.11 Å². The maximum Gasteiger partial charge on any atom is 0.161 e. The van der Waals surface area contributed by atoms with Crippen LogP contribution >= 0.6 is 0 Å². The van der Waals surface area contributed by atoms with E-state index in [0.717, 1.165) is 29.1 Å². The van der Waals surface area contributed by atoms with E-state index in [4.69, 9.17) is 9.47 Å². The molecule has 2 rings (SSSR count). The van der Waals surface area contributed by atoms with Gasteiger partial charge < -0.3 is 14.6 Å². The number of aliphatic hydroxyl groups is 1. The highest BCUT2D eigenvalue weighted by Crippen LogP contribution is 2.31. The van der Waals surface area contributed by atoms with Crippen molar-refractivity contribution in [1.82, 2.24) is 0 Å². The zero-order valence-electron chi connectivity index (χ0n) is 10.3. The van der Waals surface area contributed by atoms with Crippen molar-refractivity contribution in [2.75, 3.05) is 13.2 Å². The molecule has 1 N–H and O–H groups in total. The molecule has 0 bridgehead atoms. The van der Waals surface area contributed by atoms with Gasteiger partial charge in [0.25, 0.3) is 0 Å². The molecule has 1 aromatic carbocycles. The lowest BCUT2D eigenvalue weighted by molar-refractivity contribution is 0.232. The largest absolute Gasteiger partial charge is 0.490 e. The first-order valence-electron chi connectivity index (χ1n) is 5.93. The molecule has 1 unspecified atom stereocenters. The van der Waals surface area contributed by atoms with E-state index in [-0.39, 0.29) is 0 Å². The number of ether oxygens (including phenoxy) is 2. The standard InChI is InChI=1S/C14H18O3/c1-10(11(2)15)8-12-4-5-13-14(9-12)17-7-3-6-16-13/h4-5,8-9,11,15H,3,6-7H2,1-2H3/b10-8+. The summed E-state index contributed by atoms with van der Waals surface area (Å²) in [5, 5.41) is 9.44. The minimum absolute atomic E-state index is 0.425. The van der Waals surface area contributed by atoms with Gasteiger partial charge in [-0.2, -0.15) is 0 Å². The predicted molar refractivity (Wildman–Crippen MR) is 67.4 cm³/mol. The van der Waals surface area contributed by atoms with Gasteiger partial charge in [-0.1, -0.05) is 12.1 Å². The van der Waals surface area contributed by atoms with Gasteiger partial charge in [0, 0.05) is 6.42 Å². The highest BCUT2D eigenvalue weighted by molar-refractivity contribution is 5.58. The summed E-state index contributed by atoms with van der Waals surface area (Å²) in [6.07, 6.45) is 2.44. The van der Waals surface area contributed by atoms with Crippen LogP contribution in [-0.2, 0) is 0 Å². The average Bonchev–Trinajstić information content (AvgIpc) is 2.53. The van der Waals surface area contributed by atoms with Gasteiger partial charge in [-0.05, 0) is 37.1 Å². The molecular formula is C14H18O3. The normalized spacial score (nSPS) is 17.5. The molecule has 1 aliphatic rings. The number of hydrogen-bond acceptors (Lipinski definition) is 3. The van der Waals surface area contributed by atoms with Crippen molar-refractivity contribution >= 4 is 6.08 Å². The second-order valence-corrected chi connectivity index (χ2v) is 4.32. The van der Waals surface area contributed by atoms with E-state index in [1.54, 1.807) is 6.92 Å². The molecule has 0 amide bonds. The van der Waals surface area contributed by atoms with Crippen molar-refractivity contribution < 1.29 is 14.6 Å². The molecule has 0 spiro atoms. The smallest absolute Gasteiger partial charge is 0.161 e. The van der Waals surface area contributed by atoms with Crippen LogP contribution in [0.5, 0.6) is 11.5 Å². The van der Waals surface area contributed by atoms with Crippen LogP contribution in [0.15, 0.2) is 23.8 Å². The maximum atomic E-state index is 9.44. The molecular weight excluding hydrogens is 216 g/mol. The van der Waals surface area contributed by atoms with Crippen molar-refractivity contribution in [2.24, 2.45) is 0 Å². The quantitative estimate of drug-likeness (QED) is 0.855. The minimum Gasteiger partial charge on any atom is -0.490 e. The average molecular weight is 234 g/mol. The Kier molecular flexibility index (Phi) is 3.69. The van der Waals surface area contributed by atoms with Gasteiger partial charge in [-0.25, -0.2) is 0 Å². The van der Waals surface area contributed by atoms with Gasteiger partial charge in [0.2, 0.25) is 0 Å². The van der Waals surface area contributed by atoms with Gasteiger partial charge in [0.1, 0.15) is 0 Å². The summed E-state index contributed by atoms with van der Waals surface area (Å²) in [5.74, 6) is 1.59. The molecule has 3 nitrogen and oxygen atoms in total. The lowest BCUT2D eigenvalue weighted by Crippen LogP contribution is -2.00. The molecule has 17 heavy (non-hydrogen) atoms. The second-order valence-electron chi connectivity index (χ2n) is 4.32. The third-order valence-electron chi connectivity index (χ3n) is 2.82. The van der Waals surface area contributed by atoms with Gasteiger partial charge in [0.15, 0.2) is 11.5 Å². The summed E-state index contributed by atoms with van der Waals surface area (Å²) in [7, 11) is 0. The molecule has 1 aliphatic heterocycles. The van der Waals surface area contributed by atoms with Crippen LogP contribution < -0.4 is 9.47 Å². The SMILES string of the molecule is C/C(=C\c1ccc2c(c1)OCCCO2)C(C)O. The number of fused-ring (bicyclic) bond motifs is 1. The van der Waals surface area contributed by atoms with Crippen LogP contribution in [0.2, 0.25) is 0 Å². The van der Waals surface area contributed by atoms with E-state index in [2.05, 4.69) is 0 Å². The number of benzene rings is 1. The first-order chi connectivity index (χ1) is 8.16. The summed E-state index contributed by atoms with van der Waals surface area (Å²) in [4.78, 5) is 0. The molecule has 92 valence electrons. The van der Waals surface area contributed by atoms with Crippen LogP contribution in [0.25, 0.3) is 6.08 Å². The Balaban J connectivity index is 2.26. The van der Waals surface area contributed by atoms with Gasteiger partial charge in [-0.3, -0.25) is 0 Å². The van der Waals surface area contributed by atoms with Crippen molar-refractivity contribution in [3.63, 3.8) is 0 Å². The summed E-state index contributed by atoms with van der Waals surface area (Å²) >= 11 is 0. The maximum absolute atomic E-state index is 9.44. The summed E-state index contributed by atoms with van der Waals surface area (Å²) in [6.45, 7) is 5.06. The van der Waals surface area contributed by atoms with E-state index in [1.807, 2.05) is 31.2 Å². The number of rotatable bonds is 2. The van der Waals surface area contributed by atoms with Crippen LogP contribution in [-0.4, -0.2) is 24.4 Å². The Morgan fingerprint density at radius 2 is 2.00 bits per heavy atom. The van der Waals surface area contributed by atoms with Crippen molar-refractivity contribution in [2.45, 2.75) is 26.4 Å². The Morgan fingerprint density at radius 3 is 2.71 bits per heavy atom. The molecule has 0 aromatic heterocycles. The Labute approximate surface area is 102 Å². The Morgan fingerprint density at radius 1 is 1.29 bits per heavy atom. The lowest BCUT2D eigenvalue weighted by atomic mass is 10.1. The van der Waals surface area contributed by atoms with Crippen molar-refractivity contribution in [3.05, 3.63) is 29.3 Å². The van der Waals surface area contributed by atoms with Crippen LogP contribution in [0.4, 0.5) is 0 Å². The molecule has 0 radical (unpaired) electrons. The molecule has 0 saturated carbocycles. The second kappa shape index (κ2) is 5.23. The summed E-state index contributed by atoms with van der Waals surface area (Å²) < 4.78 is 11.2. The molecule has 1 aromatic rings. The third kappa shape index (κ3) is 3.01.